The first-order chi connectivity index (χ1) is 19.6. The van der Waals surface area contributed by atoms with Crippen molar-refractivity contribution in [2.45, 2.75) is 101 Å². The maximum atomic E-state index is 10.1. The summed E-state index contributed by atoms with van der Waals surface area (Å²) < 4.78 is 0. The fourth-order valence-corrected chi connectivity index (χ4v) is 6.14. The Kier molecular flexibility index (Phi) is 13.5. The maximum absolute atomic E-state index is 10.1. The van der Waals surface area contributed by atoms with Crippen LogP contribution in [0.4, 0.5) is 0 Å². The van der Waals surface area contributed by atoms with Gasteiger partial charge < -0.3 is 10.2 Å². The SMILES string of the molecule is CC(C=CC=C(C)C=CC1=C(C)C[C@@H](O)CC1(C)C)=CC=CC=C(C)C=CC=C(C)C=C[C@@H]1C(C)=C[C@H](O)CC1(C)C. The Balaban J connectivity index is 1.90. The Labute approximate surface area is 257 Å². The van der Waals surface area contributed by atoms with E-state index in [-0.39, 0.29) is 23.0 Å². The van der Waals surface area contributed by atoms with Gasteiger partial charge in [-0.05, 0) is 77.2 Å². The number of hydrogen-bond acceptors (Lipinski definition) is 2. The van der Waals surface area contributed by atoms with Gasteiger partial charge in [-0.3, -0.25) is 0 Å². The lowest BCUT2D eigenvalue weighted by Gasteiger charge is -2.38. The fourth-order valence-electron chi connectivity index (χ4n) is 6.14. The molecule has 0 aromatic heterocycles. The Morgan fingerprint density at radius 2 is 1.21 bits per heavy atom. The van der Waals surface area contributed by atoms with Crippen LogP contribution in [0.5, 0.6) is 0 Å². The van der Waals surface area contributed by atoms with E-state index in [1.165, 1.54) is 39.0 Å². The lowest BCUT2D eigenvalue weighted by Crippen LogP contribution is -2.32. The van der Waals surface area contributed by atoms with Crippen molar-refractivity contribution >= 4 is 0 Å². The summed E-state index contributed by atoms with van der Waals surface area (Å²) in [6.07, 6.45) is 33.8. The standard InChI is InChI=1S/C40H56O2/c1-29(17-13-19-31(3)21-23-37-33(5)25-35(41)27-39(37,7)8)15-11-12-16-30(2)18-14-20-32(4)22-24-38-34(6)26-36(42)28-40(38,9)10/h11-25,35-37,41-42H,26-28H2,1-10H3/t35-,36+,37+/m0/s1. The molecule has 0 saturated carbocycles. The molecule has 2 heteroatoms. The Bertz CT molecular complexity index is 1270. The van der Waals surface area contributed by atoms with Crippen molar-refractivity contribution in [3.63, 3.8) is 0 Å². The van der Waals surface area contributed by atoms with E-state index >= 15 is 0 Å². The highest BCUT2D eigenvalue weighted by atomic mass is 16.3. The van der Waals surface area contributed by atoms with Crippen LogP contribution in [0.15, 0.2) is 130 Å². The first kappa shape index (κ1) is 35.3. The van der Waals surface area contributed by atoms with Gasteiger partial charge in [0, 0.05) is 5.92 Å². The lowest BCUT2D eigenvalue weighted by atomic mass is 9.67. The molecule has 2 rings (SSSR count). The average Bonchev–Trinajstić information content (AvgIpc) is 2.84. The van der Waals surface area contributed by atoms with Gasteiger partial charge in [-0.2, -0.15) is 0 Å². The van der Waals surface area contributed by atoms with Crippen molar-refractivity contribution in [1.29, 1.82) is 0 Å². The molecule has 0 spiro atoms. The molecular weight excluding hydrogens is 512 g/mol. The molecule has 228 valence electrons. The van der Waals surface area contributed by atoms with Crippen molar-refractivity contribution in [2.75, 3.05) is 0 Å². The van der Waals surface area contributed by atoms with E-state index in [1.54, 1.807) is 0 Å². The highest BCUT2D eigenvalue weighted by molar-refractivity contribution is 5.38. The van der Waals surface area contributed by atoms with Gasteiger partial charge in [0.25, 0.3) is 0 Å². The largest absolute Gasteiger partial charge is 0.393 e. The van der Waals surface area contributed by atoms with E-state index in [0.29, 0.717) is 5.92 Å². The summed E-state index contributed by atoms with van der Waals surface area (Å²) >= 11 is 0. The molecule has 0 fully saturated rings. The number of allylic oxidation sites excluding steroid dienone is 20. The van der Waals surface area contributed by atoms with Gasteiger partial charge >= 0.3 is 0 Å². The van der Waals surface area contributed by atoms with Gasteiger partial charge in [-0.1, -0.05) is 152 Å². The summed E-state index contributed by atoms with van der Waals surface area (Å²) in [5.41, 5.74) is 8.73. The summed E-state index contributed by atoms with van der Waals surface area (Å²) in [6.45, 7) is 21.6. The van der Waals surface area contributed by atoms with Crippen LogP contribution in [0, 0.1) is 16.7 Å². The zero-order chi connectivity index (χ0) is 31.5. The molecule has 0 radical (unpaired) electrons. The van der Waals surface area contributed by atoms with Crippen LogP contribution in [-0.4, -0.2) is 22.4 Å². The monoisotopic (exact) mass is 568 g/mol. The Hall–Kier alpha value is -2.94. The summed E-state index contributed by atoms with van der Waals surface area (Å²) in [6, 6.07) is 0. The molecule has 42 heavy (non-hydrogen) atoms. The highest BCUT2D eigenvalue weighted by Gasteiger charge is 2.34. The molecule has 2 aliphatic carbocycles. The highest BCUT2D eigenvalue weighted by Crippen LogP contribution is 2.42. The first-order valence-corrected chi connectivity index (χ1v) is 15.4. The molecule has 0 saturated heterocycles. The van der Waals surface area contributed by atoms with Gasteiger partial charge in [-0.25, -0.2) is 0 Å². The van der Waals surface area contributed by atoms with Gasteiger partial charge in [0.2, 0.25) is 0 Å². The summed E-state index contributed by atoms with van der Waals surface area (Å²) in [7, 11) is 0. The maximum Gasteiger partial charge on any atom is 0.0729 e. The van der Waals surface area contributed by atoms with Gasteiger partial charge in [0.15, 0.2) is 0 Å². The van der Waals surface area contributed by atoms with Gasteiger partial charge in [-0.15, -0.1) is 0 Å². The minimum absolute atomic E-state index is 0.00528. The molecule has 0 aromatic rings. The second-order valence-corrected chi connectivity index (χ2v) is 13.7. The minimum atomic E-state index is -0.331. The Morgan fingerprint density at radius 3 is 1.74 bits per heavy atom. The van der Waals surface area contributed by atoms with Gasteiger partial charge in [0.05, 0.1) is 12.2 Å². The molecule has 2 nitrogen and oxygen atoms in total. The van der Waals surface area contributed by atoms with E-state index in [9.17, 15) is 10.2 Å². The van der Waals surface area contributed by atoms with Crippen molar-refractivity contribution in [1.82, 2.24) is 0 Å². The molecule has 0 heterocycles. The van der Waals surface area contributed by atoms with Crippen molar-refractivity contribution in [2.24, 2.45) is 16.7 Å². The second kappa shape index (κ2) is 16.1. The molecule has 2 aliphatic rings. The third-order valence-electron chi connectivity index (χ3n) is 8.33. The molecular formula is C40H56O2. The quantitative estimate of drug-likeness (QED) is 0.203. The molecule has 0 amide bonds. The van der Waals surface area contributed by atoms with Crippen molar-refractivity contribution in [3.8, 4) is 0 Å². The van der Waals surface area contributed by atoms with E-state index < -0.39 is 0 Å². The van der Waals surface area contributed by atoms with E-state index in [0.717, 1.165) is 19.3 Å². The number of aliphatic hydroxyl groups is 2. The van der Waals surface area contributed by atoms with Crippen LogP contribution in [0.1, 0.15) is 88.5 Å². The molecule has 0 aromatic carbocycles. The van der Waals surface area contributed by atoms with Crippen molar-refractivity contribution in [3.05, 3.63) is 130 Å². The predicted octanol–water partition coefficient (Wildman–Crippen LogP) is 10.4. The summed E-state index contributed by atoms with van der Waals surface area (Å²) in [4.78, 5) is 0. The topological polar surface area (TPSA) is 40.5 Å². The third kappa shape index (κ3) is 11.7. The molecule has 0 unspecified atom stereocenters. The smallest absolute Gasteiger partial charge is 0.0729 e. The normalized spacial score (nSPS) is 26.6. The summed E-state index contributed by atoms with van der Waals surface area (Å²) in [5, 5.41) is 20.2. The zero-order valence-electron chi connectivity index (χ0n) is 27.9. The van der Waals surface area contributed by atoms with E-state index in [2.05, 4.69) is 154 Å². The van der Waals surface area contributed by atoms with Crippen LogP contribution in [0.2, 0.25) is 0 Å². The van der Waals surface area contributed by atoms with Crippen LogP contribution in [0.25, 0.3) is 0 Å². The molecule has 3 atom stereocenters. The van der Waals surface area contributed by atoms with E-state index in [1.807, 2.05) is 6.08 Å². The van der Waals surface area contributed by atoms with Crippen LogP contribution < -0.4 is 0 Å². The van der Waals surface area contributed by atoms with Crippen LogP contribution in [-0.2, 0) is 0 Å². The predicted molar refractivity (Wildman–Crippen MR) is 184 cm³/mol. The second-order valence-electron chi connectivity index (χ2n) is 13.7. The number of hydrogen-bond donors (Lipinski definition) is 2. The van der Waals surface area contributed by atoms with Crippen molar-refractivity contribution < 1.29 is 10.2 Å². The van der Waals surface area contributed by atoms with Gasteiger partial charge in [0.1, 0.15) is 0 Å². The molecule has 0 aliphatic heterocycles. The van der Waals surface area contributed by atoms with Crippen LogP contribution >= 0.6 is 0 Å². The number of aliphatic hydroxyl groups excluding tert-OH is 2. The molecule has 0 bridgehead atoms. The minimum Gasteiger partial charge on any atom is -0.393 e. The van der Waals surface area contributed by atoms with E-state index in [4.69, 9.17) is 0 Å². The lowest BCUT2D eigenvalue weighted by molar-refractivity contribution is 0.116. The number of rotatable bonds is 10. The zero-order valence-corrected chi connectivity index (χ0v) is 27.9. The Morgan fingerprint density at radius 1 is 0.714 bits per heavy atom. The average molecular weight is 569 g/mol. The first-order valence-electron chi connectivity index (χ1n) is 15.4. The fraction of sp³-hybridized carbons (Fsp3) is 0.450. The summed E-state index contributed by atoms with van der Waals surface area (Å²) in [5.74, 6) is 0.348. The third-order valence-corrected chi connectivity index (χ3v) is 8.33. The molecule has 2 N–H and O–H groups in total. The van der Waals surface area contributed by atoms with Crippen LogP contribution in [0.3, 0.4) is 0 Å².